The molecule has 0 saturated carbocycles. The first kappa shape index (κ1) is 15.9. The van der Waals surface area contributed by atoms with E-state index < -0.39 is 11.6 Å². The molecule has 1 aromatic carbocycles. The van der Waals surface area contributed by atoms with Crippen LogP contribution in [0.15, 0.2) is 30.5 Å². The van der Waals surface area contributed by atoms with Crippen molar-refractivity contribution in [2.75, 3.05) is 30.3 Å². The maximum absolute atomic E-state index is 14.6. The van der Waals surface area contributed by atoms with Crippen LogP contribution in [0.2, 0.25) is 0 Å². The average Bonchev–Trinajstić information content (AvgIpc) is 3.08. The number of hydrogen-bond acceptors (Lipinski definition) is 5. The summed E-state index contributed by atoms with van der Waals surface area (Å²) in [6, 6.07) is 6.79. The predicted octanol–water partition coefficient (Wildman–Crippen LogP) is 2.40. The molecule has 6 rings (SSSR count). The van der Waals surface area contributed by atoms with Crippen LogP contribution in [0.25, 0.3) is 0 Å². The third-order valence-corrected chi connectivity index (χ3v) is 6.33. The summed E-state index contributed by atoms with van der Waals surface area (Å²) in [6.07, 6.45) is 3.93. The number of nitrogens with zero attached hydrogens (tertiary/aromatic N) is 4. The summed E-state index contributed by atoms with van der Waals surface area (Å²) in [7, 11) is 0. The minimum absolute atomic E-state index is 0.0880. The number of piperidine rings is 3. The molecule has 5 nitrogen and oxygen atoms in total. The normalized spacial score (nSPS) is 32.7. The van der Waals surface area contributed by atoms with Gasteiger partial charge in [0.1, 0.15) is 5.82 Å². The Bertz CT molecular complexity index is 836. The van der Waals surface area contributed by atoms with Crippen molar-refractivity contribution in [3.05, 3.63) is 47.7 Å². The molecule has 4 saturated heterocycles. The quantitative estimate of drug-likeness (QED) is 0.894. The second-order valence-electron chi connectivity index (χ2n) is 7.53. The Labute approximate surface area is 150 Å². The number of nitrogen functional groups attached to an aromatic ring is 1. The Morgan fingerprint density at radius 1 is 1.08 bits per heavy atom. The lowest BCUT2D eigenvalue weighted by molar-refractivity contribution is 0.0350. The van der Waals surface area contributed by atoms with Gasteiger partial charge in [-0.15, -0.1) is 0 Å². The number of fused-ring (bicyclic) bond motifs is 2. The fourth-order valence-corrected chi connectivity index (χ4v) is 5.29. The zero-order chi connectivity index (χ0) is 17.8. The molecular weight excluding hydrogens is 336 g/mol. The van der Waals surface area contributed by atoms with Crippen molar-refractivity contribution >= 4 is 11.8 Å². The third-order valence-electron chi connectivity index (χ3n) is 6.33. The van der Waals surface area contributed by atoms with Gasteiger partial charge in [-0.25, -0.2) is 13.8 Å². The van der Waals surface area contributed by atoms with Gasteiger partial charge in [0.25, 0.3) is 0 Å². The topological polar surface area (TPSA) is 58.3 Å². The van der Waals surface area contributed by atoms with E-state index in [2.05, 4.69) is 19.8 Å². The molecule has 3 unspecified atom stereocenters. The van der Waals surface area contributed by atoms with Crippen LogP contribution in [0, 0.1) is 17.6 Å². The highest BCUT2D eigenvalue weighted by atomic mass is 19.2. The molecule has 2 aromatic rings. The molecule has 0 radical (unpaired) electrons. The first-order valence-electron chi connectivity index (χ1n) is 9.16. The SMILES string of the molecule is Nc1nccc(N2CC(c3cccc(F)c3F)C3C2C2CCN3CC2)n1. The van der Waals surface area contributed by atoms with Crippen molar-refractivity contribution in [1.82, 2.24) is 14.9 Å². The highest BCUT2D eigenvalue weighted by molar-refractivity contribution is 5.48. The molecule has 26 heavy (non-hydrogen) atoms. The zero-order valence-corrected chi connectivity index (χ0v) is 14.4. The van der Waals surface area contributed by atoms with E-state index >= 15 is 0 Å². The van der Waals surface area contributed by atoms with Crippen LogP contribution in [0.5, 0.6) is 0 Å². The predicted molar refractivity (Wildman–Crippen MR) is 94.8 cm³/mol. The molecule has 2 bridgehead atoms. The van der Waals surface area contributed by atoms with Gasteiger partial charge < -0.3 is 10.6 Å². The van der Waals surface area contributed by atoms with E-state index in [0.717, 1.165) is 31.7 Å². The number of nitrogens with two attached hydrogens (primary N) is 1. The molecule has 136 valence electrons. The Morgan fingerprint density at radius 2 is 1.88 bits per heavy atom. The van der Waals surface area contributed by atoms with Crippen molar-refractivity contribution in [3.63, 3.8) is 0 Å². The maximum Gasteiger partial charge on any atom is 0.221 e. The lowest BCUT2D eigenvalue weighted by Gasteiger charge is -2.51. The number of halogens is 2. The summed E-state index contributed by atoms with van der Waals surface area (Å²) in [5.74, 6) is -0.0261. The average molecular weight is 357 g/mol. The van der Waals surface area contributed by atoms with Gasteiger partial charge in [0.15, 0.2) is 11.6 Å². The summed E-state index contributed by atoms with van der Waals surface area (Å²) >= 11 is 0. The van der Waals surface area contributed by atoms with E-state index in [1.54, 1.807) is 18.3 Å². The third kappa shape index (κ3) is 2.30. The fourth-order valence-electron chi connectivity index (χ4n) is 5.29. The van der Waals surface area contributed by atoms with Crippen LogP contribution in [-0.2, 0) is 0 Å². The van der Waals surface area contributed by atoms with Crippen molar-refractivity contribution in [1.29, 1.82) is 0 Å². The lowest BCUT2D eigenvalue weighted by atomic mass is 9.75. The van der Waals surface area contributed by atoms with Crippen molar-refractivity contribution < 1.29 is 8.78 Å². The van der Waals surface area contributed by atoms with Crippen LogP contribution < -0.4 is 10.6 Å². The van der Waals surface area contributed by atoms with Crippen LogP contribution in [0.4, 0.5) is 20.5 Å². The molecule has 0 spiro atoms. The minimum atomic E-state index is -0.778. The van der Waals surface area contributed by atoms with Crippen molar-refractivity contribution in [2.24, 2.45) is 5.92 Å². The van der Waals surface area contributed by atoms with Gasteiger partial charge in [-0.2, -0.15) is 4.98 Å². The monoisotopic (exact) mass is 357 g/mol. The molecule has 7 heteroatoms. The standard InChI is InChI=1S/C19H21F2N5/c20-14-3-1-2-12(16(14)21)13-10-26(15-4-7-23-19(22)24-15)17-11-5-8-25(9-6-11)18(13)17/h1-4,7,11,13,17-18H,5-6,8-10H2,(H2,22,23,24). The fraction of sp³-hybridized carbons (Fsp3) is 0.474. The van der Waals surface area contributed by atoms with E-state index in [1.165, 1.54) is 6.07 Å². The number of aromatic nitrogens is 2. The Balaban J connectivity index is 1.60. The summed E-state index contributed by atoms with van der Waals surface area (Å²) < 4.78 is 28.5. The number of benzene rings is 1. The molecule has 4 aliphatic heterocycles. The highest BCUT2D eigenvalue weighted by Crippen LogP contribution is 2.48. The maximum atomic E-state index is 14.6. The van der Waals surface area contributed by atoms with E-state index in [1.807, 2.05) is 6.07 Å². The summed E-state index contributed by atoms with van der Waals surface area (Å²) in [4.78, 5) is 13.1. The van der Waals surface area contributed by atoms with Gasteiger partial charge in [0.05, 0.1) is 0 Å². The van der Waals surface area contributed by atoms with Crippen molar-refractivity contribution in [3.8, 4) is 0 Å². The summed E-state index contributed by atoms with van der Waals surface area (Å²) in [6.45, 7) is 2.66. The Morgan fingerprint density at radius 3 is 2.65 bits per heavy atom. The molecule has 3 atom stereocenters. The second kappa shape index (κ2) is 5.87. The molecule has 0 amide bonds. The molecule has 4 aliphatic rings. The molecule has 1 aromatic heterocycles. The van der Waals surface area contributed by atoms with Gasteiger partial charge in [0.2, 0.25) is 5.95 Å². The summed E-state index contributed by atoms with van der Waals surface area (Å²) in [5.41, 5.74) is 6.26. The first-order valence-corrected chi connectivity index (χ1v) is 9.16. The largest absolute Gasteiger partial charge is 0.368 e. The van der Waals surface area contributed by atoms with Crippen molar-refractivity contribution in [2.45, 2.75) is 30.8 Å². The van der Waals surface area contributed by atoms with Gasteiger partial charge >= 0.3 is 0 Å². The van der Waals surface area contributed by atoms with E-state index in [0.29, 0.717) is 18.0 Å². The smallest absolute Gasteiger partial charge is 0.221 e. The van der Waals surface area contributed by atoms with Gasteiger partial charge in [0, 0.05) is 30.7 Å². The molecular formula is C19H21F2N5. The Hall–Kier alpha value is -2.28. The van der Waals surface area contributed by atoms with Crippen LogP contribution >= 0.6 is 0 Å². The van der Waals surface area contributed by atoms with Crippen LogP contribution in [0.1, 0.15) is 24.3 Å². The highest BCUT2D eigenvalue weighted by Gasteiger charge is 2.54. The van der Waals surface area contributed by atoms with Crippen LogP contribution in [-0.4, -0.2) is 46.6 Å². The van der Waals surface area contributed by atoms with Gasteiger partial charge in [-0.3, -0.25) is 4.90 Å². The molecule has 2 N–H and O–H groups in total. The first-order chi connectivity index (χ1) is 12.6. The number of anilines is 2. The van der Waals surface area contributed by atoms with E-state index in [9.17, 15) is 8.78 Å². The van der Waals surface area contributed by atoms with E-state index in [4.69, 9.17) is 5.73 Å². The number of rotatable bonds is 2. The molecule has 5 heterocycles. The minimum Gasteiger partial charge on any atom is -0.368 e. The van der Waals surface area contributed by atoms with E-state index in [-0.39, 0.29) is 23.9 Å². The Kier molecular flexibility index (Phi) is 3.60. The summed E-state index contributed by atoms with van der Waals surface area (Å²) in [5, 5.41) is 0. The van der Waals surface area contributed by atoms with Gasteiger partial charge in [-0.1, -0.05) is 12.1 Å². The second-order valence-corrected chi connectivity index (χ2v) is 7.53. The zero-order valence-electron chi connectivity index (χ0n) is 14.4. The van der Waals surface area contributed by atoms with Crippen LogP contribution in [0.3, 0.4) is 0 Å². The van der Waals surface area contributed by atoms with Gasteiger partial charge in [-0.05, 0) is 49.5 Å². The lowest BCUT2D eigenvalue weighted by Crippen LogP contribution is -2.60. The number of hydrogen-bond donors (Lipinski definition) is 1. The molecule has 0 aliphatic carbocycles. The molecule has 4 fully saturated rings.